The van der Waals surface area contributed by atoms with Crippen molar-refractivity contribution in [1.82, 2.24) is 0 Å². The largest absolute Gasteiger partial charge is 0.462 e. The lowest BCUT2D eigenvalue weighted by atomic mass is 10.1. The molecule has 94 valence electrons. The van der Waals surface area contributed by atoms with Crippen molar-refractivity contribution in [3.05, 3.63) is 54.6 Å². The van der Waals surface area contributed by atoms with Gasteiger partial charge in [0.25, 0.3) is 0 Å². The van der Waals surface area contributed by atoms with Gasteiger partial charge in [-0.15, -0.1) is 0 Å². The van der Waals surface area contributed by atoms with Crippen molar-refractivity contribution >= 4 is 0 Å². The second-order valence-corrected chi connectivity index (χ2v) is 4.14. The van der Waals surface area contributed by atoms with E-state index in [-0.39, 0.29) is 0 Å². The van der Waals surface area contributed by atoms with Crippen LogP contribution in [-0.2, 0) is 0 Å². The minimum absolute atomic E-state index is 0.532. The third-order valence-corrected chi connectivity index (χ3v) is 2.61. The molecule has 0 aromatic heterocycles. The number of hydrogen-bond donors (Lipinski definition) is 2. The van der Waals surface area contributed by atoms with Crippen molar-refractivity contribution in [2.75, 3.05) is 0 Å². The minimum atomic E-state index is -1.21. The summed E-state index contributed by atoms with van der Waals surface area (Å²) in [6.45, 7) is 1.48. The van der Waals surface area contributed by atoms with Crippen LogP contribution in [0.3, 0.4) is 0 Å². The van der Waals surface area contributed by atoms with Crippen LogP contribution in [0.2, 0.25) is 0 Å². The molecule has 0 saturated heterocycles. The Balaban J connectivity index is 2.21. The van der Waals surface area contributed by atoms with E-state index in [1.807, 2.05) is 48.5 Å². The molecule has 0 bridgehead atoms. The third-order valence-electron chi connectivity index (χ3n) is 2.61. The van der Waals surface area contributed by atoms with Gasteiger partial charge in [0.05, 0.1) is 0 Å². The first kappa shape index (κ1) is 12.6. The summed E-state index contributed by atoms with van der Waals surface area (Å²) >= 11 is 0. The Bertz CT molecular complexity index is 494. The third kappa shape index (κ3) is 3.09. The fourth-order valence-corrected chi connectivity index (χ4v) is 1.62. The van der Waals surface area contributed by atoms with E-state index in [1.165, 1.54) is 6.92 Å². The molecule has 2 aromatic carbocycles. The molecule has 0 fully saturated rings. The Hall–Kier alpha value is -1.84. The van der Waals surface area contributed by atoms with E-state index in [9.17, 15) is 10.2 Å². The lowest BCUT2D eigenvalue weighted by Gasteiger charge is -2.16. The Labute approximate surface area is 106 Å². The molecule has 0 radical (unpaired) electrons. The molecule has 0 amide bonds. The van der Waals surface area contributed by atoms with E-state index in [1.54, 1.807) is 6.07 Å². The molecule has 0 aliphatic heterocycles. The maximum Gasteiger partial charge on any atom is 0.223 e. The lowest BCUT2D eigenvalue weighted by Crippen LogP contribution is -2.28. The van der Waals surface area contributed by atoms with Crippen LogP contribution in [0.1, 0.15) is 6.92 Å². The van der Waals surface area contributed by atoms with Crippen LogP contribution in [0, 0.1) is 0 Å². The molecule has 3 nitrogen and oxygen atoms in total. The Morgan fingerprint density at radius 2 is 1.56 bits per heavy atom. The molecular weight excluding hydrogens is 228 g/mol. The first-order chi connectivity index (χ1) is 8.66. The van der Waals surface area contributed by atoms with E-state index in [0.29, 0.717) is 5.75 Å². The molecule has 2 atom stereocenters. The van der Waals surface area contributed by atoms with Gasteiger partial charge < -0.3 is 14.9 Å². The molecule has 0 aliphatic carbocycles. The molecule has 0 saturated carbocycles. The van der Waals surface area contributed by atoms with Crippen LogP contribution in [0.25, 0.3) is 11.1 Å². The fraction of sp³-hybridized carbons (Fsp3) is 0.200. The molecule has 2 aromatic rings. The average Bonchev–Trinajstić information content (AvgIpc) is 2.40. The highest BCUT2D eigenvalue weighted by Crippen LogP contribution is 2.24. The zero-order chi connectivity index (χ0) is 13.0. The summed E-state index contributed by atoms with van der Waals surface area (Å²) in [5.41, 5.74) is 2.08. The van der Waals surface area contributed by atoms with E-state index in [2.05, 4.69) is 0 Å². The summed E-state index contributed by atoms with van der Waals surface area (Å²) in [6, 6.07) is 17.3. The van der Waals surface area contributed by atoms with Gasteiger partial charge in [-0.2, -0.15) is 0 Å². The Kier molecular flexibility index (Phi) is 3.97. The van der Waals surface area contributed by atoms with Crippen molar-refractivity contribution in [2.24, 2.45) is 0 Å². The number of aliphatic hydroxyl groups is 2. The first-order valence-corrected chi connectivity index (χ1v) is 5.85. The summed E-state index contributed by atoms with van der Waals surface area (Å²) in [4.78, 5) is 0. The van der Waals surface area contributed by atoms with E-state index >= 15 is 0 Å². The van der Waals surface area contributed by atoms with Crippen LogP contribution < -0.4 is 4.74 Å². The van der Waals surface area contributed by atoms with Crippen LogP contribution in [0.15, 0.2) is 54.6 Å². The number of aliphatic hydroxyl groups excluding tert-OH is 2. The number of hydrogen-bond acceptors (Lipinski definition) is 3. The quantitative estimate of drug-likeness (QED) is 0.812. The maximum absolute atomic E-state index is 9.47. The molecule has 2 N–H and O–H groups in total. The molecule has 2 rings (SSSR count). The van der Waals surface area contributed by atoms with Gasteiger partial charge in [0.15, 0.2) is 0 Å². The van der Waals surface area contributed by atoms with E-state index in [0.717, 1.165) is 11.1 Å². The van der Waals surface area contributed by atoms with E-state index < -0.39 is 12.4 Å². The predicted octanol–water partition coefficient (Wildman–Crippen LogP) is 2.43. The van der Waals surface area contributed by atoms with Crippen LogP contribution in [-0.4, -0.2) is 22.6 Å². The average molecular weight is 244 g/mol. The predicted molar refractivity (Wildman–Crippen MR) is 70.2 cm³/mol. The normalized spacial score (nSPS) is 13.9. The molecular formula is C15H16O3. The van der Waals surface area contributed by atoms with Gasteiger partial charge in [0, 0.05) is 0 Å². The van der Waals surface area contributed by atoms with Gasteiger partial charge in [0.1, 0.15) is 11.9 Å². The van der Waals surface area contributed by atoms with Gasteiger partial charge in [0.2, 0.25) is 6.29 Å². The summed E-state index contributed by atoms with van der Waals surface area (Å²) in [6.07, 6.45) is -2.14. The summed E-state index contributed by atoms with van der Waals surface area (Å²) in [5, 5.41) is 18.7. The highest BCUT2D eigenvalue weighted by atomic mass is 16.6. The Morgan fingerprint density at radius 1 is 0.889 bits per heavy atom. The van der Waals surface area contributed by atoms with Gasteiger partial charge in [-0.3, -0.25) is 0 Å². The highest BCUT2D eigenvalue weighted by Gasteiger charge is 2.12. The maximum atomic E-state index is 9.47. The standard InChI is InChI=1S/C15H16O3/c1-11(16)15(17)18-14-9-5-8-13(10-14)12-6-3-2-4-7-12/h2-11,15-17H,1H3. The zero-order valence-electron chi connectivity index (χ0n) is 10.2. The topological polar surface area (TPSA) is 49.7 Å². The van der Waals surface area contributed by atoms with Crippen LogP contribution >= 0.6 is 0 Å². The van der Waals surface area contributed by atoms with Crippen molar-refractivity contribution in [1.29, 1.82) is 0 Å². The molecule has 2 unspecified atom stereocenters. The number of benzene rings is 2. The van der Waals surface area contributed by atoms with E-state index in [4.69, 9.17) is 4.74 Å². The van der Waals surface area contributed by atoms with Gasteiger partial charge >= 0.3 is 0 Å². The molecule has 0 heterocycles. The number of ether oxygens (including phenoxy) is 1. The SMILES string of the molecule is CC(O)C(O)Oc1cccc(-c2ccccc2)c1. The second kappa shape index (κ2) is 5.67. The zero-order valence-corrected chi connectivity index (χ0v) is 10.2. The lowest BCUT2D eigenvalue weighted by molar-refractivity contribution is -0.0958. The Morgan fingerprint density at radius 3 is 2.22 bits per heavy atom. The summed E-state index contributed by atoms with van der Waals surface area (Å²) < 4.78 is 5.24. The molecule has 18 heavy (non-hydrogen) atoms. The van der Waals surface area contributed by atoms with Crippen LogP contribution in [0.4, 0.5) is 0 Å². The van der Waals surface area contributed by atoms with Gasteiger partial charge in [-0.1, -0.05) is 42.5 Å². The fourth-order valence-electron chi connectivity index (χ4n) is 1.62. The van der Waals surface area contributed by atoms with Gasteiger partial charge in [-0.25, -0.2) is 0 Å². The highest BCUT2D eigenvalue weighted by molar-refractivity contribution is 5.64. The monoisotopic (exact) mass is 244 g/mol. The molecule has 0 aliphatic rings. The number of rotatable bonds is 4. The molecule has 0 spiro atoms. The minimum Gasteiger partial charge on any atom is -0.462 e. The van der Waals surface area contributed by atoms with Gasteiger partial charge in [-0.05, 0) is 30.2 Å². The van der Waals surface area contributed by atoms with Crippen LogP contribution in [0.5, 0.6) is 5.75 Å². The summed E-state index contributed by atoms with van der Waals surface area (Å²) in [7, 11) is 0. The second-order valence-electron chi connectivity index (χ2n) is 4.14. The van der Waals surface area contributed by atoms with Crippen molar-refractivity contribution in [2.45, 2.75) is 19.3 Å². The van der Waals surface area contributed by atoms with Crippen molar-refractivity contribution in [3.8, 4) is 16.9 Å². The smallest absolute Gasteiger partial charge is 0.223 e. The first-order valence-electron chi connectivity index (χ1n) is 5.85. The van der Waals surface area contributed by atoms with Crippen molar-refractivity contribution < 1.29 is 14.9 Å². The summed E-state index contributed by atoms with van der Waals surface area (Å²) in [5.74, 6) is 0.532. The van der Waals surface area contributed by atoms with Crippen molar-refractivity contribution in [3.63, 3.8) is 0 Å². The molecule has 3 heteroatoms.